The van der Waals surface area contributed by atoms with Gasteiger partial charge in [0.15, 0.2) is 0 Å². The Morgan fingerprint density at radius 1 is 1.25 bits per heavy atom. The van der Waals surface area contributed by atoms with Gasteiger partial charge in [0.25, 0.3) is 0 Å². The van der Waals surface area contributed by atoms with Gasteiger partial charge in [0, 0.05) is 5.39 Å². The lowest BCUT2D eigenvalue weighted by Gasteiger charge is -2.05. The Balaban J connectivity index is 2.54. The molecule has 1 atom stereocenters. The quantitative estimate of drug-likeness (QED) is 0.813. The molecular weight excluding hydrogens is 219 g/mol. The fraction of sp³-hybridized carbons (Fsp3) is 0.273. The maximum Gasteiger partial charge on any atom is 0.416 e. The third-order valence-electron chi connectivity index (χ3n) is 2.32. The average Bonchev–Trinajstić information content (AvgIpc) is 2.58. The van der Waals surface area contributed by atoms with Crippen molar-refractivity contribution >= 4 is 11.0 Å². The fourth-order valence-corrected chi connectivity index (χ4v) is 1.45. The highest BCUT2D eigenvalue weighted by Gasteiger charge is 2.30. The van der Waals surface area contributed by atoms with Gasteiger partial charge < -0.3 is 10.2 Å². The number of hydrogen-bond donors (Lipinski definition) is 1. The summed E-state index contributed by atoms with van der Waals surface area (Å²) < 4.78 is 42.5. The summed E-state index contributed by atoms with van der Waals surface area (Å²) in [5, 5.41) is 0.625. The molecule has 2 rings (SSSR count). The molecule has 0 fully saturated rings. The molecule has 0 spiro atoms. The van der Waals surface area contributed by atoms with E-state index in [1.165, 1.54) is 6.07 Å². The Kier molecular flexibility index (Phi) is 2.42. The van der Waals surface area contributed by atoms with E-state index in [1.54, 1.807) is 13.0 Å². The highest BCUT2D eigenvalue weighted by atomic mass is 19.4. The van der Waals surface area contributed by atoms with Crippen LogP contribution in [0.15, 0.2) is 28.7 Å². The van der Waals surface area contributed by atoms with Gasteiger partial charge in [-0.1, -0.05) is 6.07 Å². The Morgan fingerprint density at radius 2 is 1.94 bits per heavy atom. The molecule has 0 bridgehead atoms. The molecule has 0 amide bonds. The van der Waals surface area contributed by atoms with Crippen LogP contribution in [0.3, 0.4) is 0 Å². The number of furan rings is 1. The molecule has 0 unspecified atom stereocenters. The summed E-state index contributed by atoms with van der Waals surface area (Å²) in [7, 11) is 0. The van der Waals surface area contributed by atoms with Crippen molar-refractivity contribution in [3.8, 4) is 0 Å². The normalized spacial score (nSPS) is 14.3. The van der Waals surface area contributed by atoms with E-state index < -0.39 is 11.7 Å². The van der Waals surface area contributed by atoms with Crippen LogP contribution < -0.4 is 5.73 Å². The van der Waals surface area contributed by atoms with Crippen molar-refractivity contribution in [2.45, 2.75) is 19.1 Å². The second kappa shape index (κ2) is 3.52. The van der Waals surface area contributed by atoms with E-state index in [0.717, 1.165) is 12.1 Å². The number of alkyl halides is 3. The van der Waals surface area contributed by atoms with E-state index in [-0.39, 0.29) is 11.6 Å². The van der Waals surface area contributed by atoms with Crippen LogP contribution in [0.4, 0.5) is 13.2 Å². The van der Waals surface area contributed by atoms with Gasteiger partial charge in [-0.15, -0.1) is 0 Å². The lowest BCUT2D eigenvalue weighted by Crippen LogP contribution is -2.03. The second-order valence-electron chi connectivity index (χ2n) is 3.69. The summed E-state index contributed by atoms with van der Waals surface area (Å²) in [6.45, 7) is 1.71. The Labute approximate surface area is 89.8 Å². The average molecular weight is 229 g/mol. The van der Waals surface area contributed by atoms with Gasteiger partial charge in [-0.3, -0.25) is 0 Å². The van der Waals surface area contributed by atoms with E-state index in [0.29, 0.717) is 11.1 Å². The maximum absolute atomic E-state index is 12.4. The van der Waals surface area contributed by atoms with Crippen LogP contribution >= 0.6 is 0 Å². The Hall–Kier alpha value is -1.49. The van der Waals surface area contributed by atoms with Crippen LogP contribution in [0, 0.1) is 0 Å². The van der Waals surface area contributed by atoms with Crippen LogP contribution in [0.2, 0.25) is 0 Å². The third-order valence-corrected chi connectivity index (χ3v) is 2.32. The van der Waals surface area contributed by atoms with Crippen LogP contribution in [0.5, 0.6) is 0 Å². The summed E-state index contributed by atoms with van der Waals surface area (Å²) >= 11 is 0. The van der Waals surface area contributed by atoms with Crippen LogP contribution in [0.1, 0.15) is 24.3 Å². The summed E-state index contributed by atoms with van der Waals surface area (Å²) in [6.07, 6.45) is -4.35. The molecule has 0 saturated carbocycles. The molecule has 0 aliphatic rings. The van der Waals surface area contributed by atoms with Gasteiger partial charge in [0.1, 0.15) is 11.3 Å². The Morgan fingerprint density at radius 3 is 2.50 bits per heavy atom. The molecule has 2 N–H and O–H groups in total. The minimum absolute atomic E-state index is 0.210. The van der Waals surface area contributed by atoms with Crippen molar-refractivity contribution in [3.63, 3.8) is 0 Å². The second-order valence-corrected chi connectivity index (χ2v) is 3.69. The summed E-state index contributed by atoms with van der Waals surface area (Å²) in [6, 6.07) is 4.72. The molecule has 2 nitrogen and oxygen atoms in total. The molecule has 0 saturated heterocycles. The molecule has 0 radical (unpaired) electrons. The van der Waals surface area contributed by atoms with E-state index in [4.69, 9.17) is 10.2 Å². The van der Waals surface area contributed by atoms with Crippen molar-refractivity contribution in [1.29, 1.82) is 0 Å². The van der Waals surface area contributed by atoms with Crippen molar-refractivity contribution in [3.05, 3.63) is 35.6 Å². The molecule has 1 heterocycles. The van der Waals surface area contributed by atoms with Gasteiger partial charge >= 0.3 is 6.18 Å². The van der Waals surface area contributed by atoms with Gasteiger partial charge in [0.05, 0.1) is 11.6 Å². The monoisotopic (exact) mass is 229 g/mol. The minimum Gasteiger partial charge on any atom is -0.459 e. The zero-order valence-electron chi connectivity index (χ0n) is 8.51. The van der Waals surface area contributed by atoms with Crippen molar-refractivity contribution in [2.75, 3.05) is 0 Å². The molecule has 1 aromatic carbocycles. The van der Waals surface area contributed by atoms with Crippen molar-refractivity contribution in [2.24, 2.45) is 5.73 Å². The topological polar surface area (TPSA) is 39.2 Å². The number of halogens is 3. The molecule has 0 aliphatic heterocycles. The number of fused-ring (bicyclic) bond motifs is 1. The molecule has 5 heteroatoms. The molecular formula is C11H10F3NO. The first-order chi connectivity index (χ1) is 7.38. The highest BCUT2D eigenvalue weighted by molar-refractivity contribution is 5.78. The van der Waals surface area contributed by atoms with Crippen LogP contribution in [-0.2, 0) is 6.18 Å². The standard InChI is InChI=1S/C11H10F3NO/c1-6(15)9-4-7-2-3-8(11(12,13)14)5-10(7)16-9/h2-6H,15H2,1H3/t6-/m1/s1. The van der Waals surface area contributed by atoms with Gasteiger partial charge in [-0.25, -0.2) is 0 Å². The number of benzene rings is 1. The zero-order chi connectivity index (χ0) is 11.9. The van der Waals surface area contributed by atoms with Crippen LogP contribution in [0.25, 0.3) is 11.0 Å². The lowest BCUT2D eigenvalue weighted by molar-refractivity contribution is -0.137. The SMILES string of the molecule is C[C@@H](N)c1cc2ccc(C(F)(F)F)cc2o1. The van der Waals surface area contributed by atoms with E-state index in [9.17, 15) is 13.2 Å². The number of hydrogen-bond acceptors (Lipinski definition) is 2. The highest BCUT2D eigenvalue weighted by Crippen LogP contribution is 2.32. The smallest absolute Gasteiger partial charge is 0.416 e. The summed E-state index contributed by atoms with van der Waals surface area (Å²) in [5.74, 6) is 0.481. The van der Waals surface area contributed by atoms with Crippen molar-refractivity contribution in [1.82, 2.24) is 0 Å². The first kappa shape index (κ1) is 11.0. The predicted octanol–water partition coefficient (Wildman–Crippen LogP) is 3.47. The number of nitrogens with two attached hydrogens (primary N) is 1. The van der Waals surface area contributed by atoms with E-state index in [1.807, 2.05) is 0 Å². The molecule has 16 heavy (non-hydrogen) atoms. The van der Waals surface area contributed by atoms with Gasteiger partial charge in [0.2, 0.25) is 0 Å². The van der Waals surface area contributed by atoms with E-state index in [2.05, 4.69) is 0 Å². The molecule has 2 aromatic rings. The third kappa shape index (κ3) is 1.90. The summed E-state index contributed by atoms with van der Waals surface area (Å²) in [5.41, 5.74) is 5.08. The van der Waals surface area contributed by atoms with Gasteiger partial charge in [-0.2, -0.15) is 13.2 Å². The molecule has 86 valence electrons. The largest absolute Gasteiger partial charge is 0.459 e. The molecule has 0 aliphatic carbocycles. The first-order valence-corrected chi connectivity index (χ1v) is 4.74. The summed E-state index contributed by atoms with van der Waals surface area (Å²) in [4.78, 5) is 0. The van der Waals surface area contributed by atoms with Gasteiger partial charge in [-0.05, 0) is 25.1 Å². The lowest BCUT2D eigenvalue weighted by atomic mass is 10.1. The fourth-order valence-electron chi connectivity index (χ4n) is 1.45. The number of rotatable bonds is 1. The zero-order valence-corrected chi connectivity index (χ0v) is 8.51. The Bertz CT molecular complexity index is 513. The van der Waals surface area contributed by atoms with Crippen LogP contribution in [-0.4, -0.2) is 0 Å². The minimum atomic E-state index is -4.35. The maximum atomic E-state index is 12.4. The van der Waals surface area contributed by atoms with E-state index >= 15 is 0 Å². The van der Waals surface area contributed by atoms with Crippen molar-refractivity contribution < 1.29 is 17.6 Å². The predicted molar refractivity (Wildman–Crippen MR) is 53.8 cm³/mol. The molecule has 1 aromatic heterocycles. The first-order valence-electron chi connectivity index (χ1n) is 4.74.